The monoisotopic (exact) mass is 342 g/mol. The topological polar surface area (TPSA) is 76.5 Å². The molecule has 1 aromatic carbocycles. The summed E-state index contributed by atoms with van der Waals surface area (Å²) in [5, 5.41) is 7.48. The van der Waals surface area contributed by atoms with E-state index in [0.717, 1.165) is 47.7 Å². The zero-order chi connectivity index (χ0) is 18.0. The lowest BCUT2D eigenvalue weighted by Crippen LogP contribution is -2.28. The van der Waals surface area contributed by atoms with Crippen LogP contribution < -0.4 is 5.32 Å². The molecule has 1 aromatic heterocycles. The van der Waals surface area contributed by atoms with Crippen molar-refractivity contribution < 1.29 is 14.3 Å². The molecule has 2 heterocycles. The van der Waals surface area contributed by atoms with Crippen molar-refractivity contribution in [3.05, 3.63) is 35.5 Å². The Morgan fingerprint density at radius 2 is 2.16 bits per heavy atom. The number of nitrogens with zero attached hydrogens (tertiary/aromatic N) is 3. The number of carbonyl (C=O) groups is 2. The molecule has 1 aliphatic rings. The number of rotatable bonds is 4. The maximum absolute atomic E-state index is 11.7. The van der Waals surface area contributed by atoms with Crippen LogP contribution in [0.25, 0.3) is 11.3 Å². The van der Waals surface area contributed by atoms with E-state index in [1.807, 2.05) is 24.3 Å². The predicted molar refractivity (Wildman–Crippen MR) is 94.0 cm³/mol. The van der Waals surface area contributed by atoms with Crippen molar-refractivity contribution >= 4 is 17.6 Å². The molecule has 25 heavy (non-hydrogen) atoms. The summed E-state index contributed by atoms with van der Waals surface area (Å²) in [6.07, 6.45) is 0.835. The molecule has 7 heteroatoms. The summed E-state index contributed by atoms with van der Waals surface area (Å²) in [6.45, 7) is 3.28. The summed E-state index contributed by atoms with van der Waals surface area (Å²) in [4.78, 5) is 25.2. The minimum absolute atomic E-state index is 0.105. The van der Waals surface area contributed by atoms with E-state index in [0.29, 0.717) is 0 Å². The molecule has 0 saturated carbocycles. The van der Waals surface area contributed by atoms with E-state index in [-0.39, 0.29) is 18.4 Å². The predicted octanol–water partition coefficient (Wildman–Crippen LogP) is 1.67. The highest BCUT2D eigenvalue weighted by Crippen LogP contribution is 2.31. The van der Waals surface area contributed by atoms with Crippen LogP contribution in [0.2, 0.25) is 0 Å². The zero-order valence-corrected chi connectivity index (χ0v) is 14.7. The Labute approximate surface area is 146 Å². The molecule has 7 nitrogen and oxygen atoms in total. The lowest BCUT2D eigenvalue weighted by Gasteiger charge is -2.23. The first-order valence-electron chi connectivity index (χ1n) is 8.20. The molecule has 0 fully saturated rings. The molecule has 2 aromatic rings. The van der Waals surface area contributed by atoms with Gasteiger partial charge in [-0.2, -0.15) is 5.10 Å². The number of nitrogens with one attached hydrogen (secondary N) is 1. The fraction of sp³-hybridized carbons (Fsp3) is 0.389. The third kappa shape index (κ3) is 3.71. The van der Waals surface area contributed by atoms with Gasteiger partial charge in [-0.1, -0.05) is 12.1 Å². The number of ether oxygens (including phenoxy) is 1. The Bertz CT molecular complexity index is 813. The summed E-state index contributed by atoms with van der Waals surface area (Å²) in [7, 11) is 3.45. The molecule has 1 aliphatic heterocycles. The zero-order valence-electron chi connectivity index (χ0n) is 14.7. The van der Waals surface area contributed by atoms with Gasteiger partial charge in [-0.25, -0.2) is 0 Å². The van der Waals surface area contributed by atoms with Crippen LogP contribution in [-0.2, 0) is 33.8 Å². The van der Waals surface area contributed by atoms with Gasteiger partial charge in [0.15, 0.2) is 0 Å². The van der Waals surface area contributed by atoms with Gasteiger partial charge in [0.1, 0.15) is 6.54 Å². The number of hydrogen-bond donors (Lipinski definition) is 1. The van der Waals surface area contributed by atoms with Crippen LogP contribution in [-0.4, -0.2) is 47.3 Å². The molecular formula is C18H22N4O3. The molecule has 0 spiro atoms. The molecule has 0 unspecified atom stereocenters. The average Bonchev–Trinajstić information content (AvgIpc) is 2.92. The van der Waals surface area contributed by atoms with Crippen LogP contribution in [0.3, 0.4) is 0 Å². The Morgan fingerprint density at radius 1 is 1.36 bits per heavy atom. The lowest BCUT2D eigenvalue weighted by molar-refractivity contribution is -0.141. The lowest BCUT2D eigenvalue weighted by atomic mass is 10.0. The summed E-state index contributed by atoms with van der Waals surface area (Å²) in [6, 6.07) is 7.60. The number of anilines is 1. The average molecular weight is 342 g/mol. The van der Waals surface area contributed by atoms with E-state index in [1.165, 1.54) is 14.0 Å². The Balaban J connectivity index is 2.03. The van der Waals surface area contributed by atoms with Crippen molar-refractivity contribution in [2.45, 2.75) is 26.4 Å². The number of likely N-dealkylation sites (N-methyl/N-ethyl adjacent to an activating group) is 1. The van der Waals surface area contributed by atoms with Crippen molar-refractivity contribution in [1.82, 2.24) is 14.7 Å². The van der Waals surface area contributed by atoms with E-state index < -0.39 is 0 Å². The van der Waals surface area contributed by atoms with Crippen molar-refractivity contribution in [3.8, 4) is 11.3 Å². The number of methoxy groups -OCH3 is 1. The van der Waals surface area contributed by atoms with Gasteiger partial charge in [0.25, 0.3) is 0 Å². The number of benzene rings is 1. The van der Waals surface area contributed by atoms with Crippen LogP contribution in [0, 0.1) is 0 Å². The minimum atomic E-state index is -0.317. The van der Waals surface area contributed by atoms with Gasteiger partial charge in [-0.05, 0) is 19.2 Å². The first kappa shape index (κ1) is 17.2. The Morgan fingerprint density at radius 3 is 2.88 bits per heavy atom. The minimum Gasteiger partial charge on any atom is -0.468 e. The maximum Gasteiger partial charge on any atom is 0.327 e. The standard InChI is InChI=1S/C18H22N4O3/c1-12(23)19-14-6-4-5-13(9-14)18-15-10-21(2)8-7-16(15)22(20-18)11-17(24)25-3/h4-6,9H,7-8,10-11H2,1-3H3,(H,19,23). The molecule has 0 atom stereocenters. The molecule has 0 aliphatic carbocycles. The number of amides is 1. The van der Waals surface area contributed by atoms with Crippen LogP contribution in [0.4, 0.5) is 5.69 Å². The molecule has 0 saturated heterocycles. The largest absolute Gasteiger partial charge is 0.468 e. The maximum atomic E-state index is 11.7. The quantitative estimate of drug-likeness (QED) is 0.856. The second-order valence-corrected chi connectivity index (χ2v) is 6.26. The van der Waals surface area contributed by atoms with Gasteiger partial charge >= 0.3 is 5.97 Å². The molecular weight excluding hydrogens is 320 g/mol. The van der Waals surface area contributed by atoms with Gasteiger partial charge in [0.2, 0.25) is 5.91 Å². The number of fused-ring (bicyclic) bond motifs is 1. The molecule has 0 radical (unpaired) electrons. The van der Waals surface area contributed by atoms with Crippen molar-refractivity contribution in [2.75, 3.05) is 26.0 Å². The van der Waals surface area contributed by atoms with Gasteiger partial charge in [-0.15, -0.1) is 0 Å². The van der Waals surface area contributed by atoms with E-state index in [1.54, 1.807) is 4.68 Å². The molecule has 1 amide bonds. The summed E-state index contributed by atoms with van der Waals surface area (Å²) >= 11 is 0. The van der Waals surface area contributed by atoms with E-state index in [9.17, 15) is 9.59 Å². The van der Waals surface area contributed by atoms with Crippen molar-refractivity contribution in [3.63, 3.8) is 0 Å². The first-order valence-corrected chi connectivity index (χ1v) is 8.20. The second-order valence-electron chi connectivity index (χ2n) is 6.26. The first-order chi connectivity index (χ1) is 12.0. The van der Waals surface area contributed by atoms with E-state index in [4.69, 9.17) is 4.74 Å². The number of carbonyl (C=O) groups excluding carboxylic acids is 2. The summed E-state index contributed by atoms with van der Waals surface area (Å²) < 4.78 is 6.53. The normalized spacial score (nSPS) is 14.0. The van der Waals surface area contributed by atoms with Gasteiger partial charge in [-0.3, -0.25) is 14.3 Å². The fourth-order valence-corrected chi connectivity index (χ4v) is 3.12. The molecule has 3 rings (SSSR count). The number of aromatic nitrogens is 2. The second kappa shape index (κ2) is 7.06. The SMILES string of the molecule is COC(=O)Cn1nc(-c2cccc(NC(C)=O)c2)c2c1CCN(C)C2. The number of hydrogen-bond acceptors (Lipinski definition) is 5. The van der Waals surface area contributed by atoms with E-state index >= 15 is 0 Å². The smallest absolute Gasteiger partial charge is 0.327 e. The Kier molecular flexibility index (Phi) is 4.85. The highest BCUT2D eigenvalue weighted by Gasteiger charge is 2.25. The highest BCUT2D eigenvalue weighted by molar-refractivity contribution is 5.89. The molecule has 1 N–H and O–H groups in total. The van der Waals surface area contributed by atoms with Crippen molar-refractivity contribution in [2.24, 2.45) is 0 Å². The van der Waals surface area contributed by atoms with Gasteiger partial charge in [0, 0.05) is 48.9 Å². The highest BCUT2D eigenvalue weighted by atomic mass is 16.5. The molecule has 0 bridgehead atoms. The van der Waals surface area contributed by atoms with E-state index in [2.05, 4.69) is 22.4 Å². The summed E-state index contributed by atoms with van der Waals surface area (Å²) in [5.41, 5.74) is 4.69. The van der Waals surface area contributed by atoms with Crippen LogP contribution in [0.15, 0.2) is 24.3 Å². The molecule has 132 valence electrons. The number of esters is 1. The third-order valence-electron chi connectivity index (χ3n) is 4.29. The Hall–Kier alpha value is -2.67. The fourth-order valence-electron chi connectivity index (χ4n) is 3.12. The van der Waals surface area contributed by atoms with Crippen LogP contribution in [0.1, 0.15) is 18.2 Å². The van der Waals surface area contributed by atoms with Crippen LogP contribution >= 0.6 is 0 Å². The van der Waals surface area contributed by atoms with Crippen molar-refractivity contribution in [1.29, 1.82) is 0 Å². The summed E-state index contributed by atoms with van der Waals surface area (Å²) in [5.74, 6) is -0.432. The van der Waals surface area contributed by atoms with Gasteiger partial charge in [0.05, 0.1) is 12.8 Å². The third-order valence-corrected chi connectivity index (χ3v) is 4.29. The van der Waals surface area contributed by atoms with Crippen LogP contribution in [0.5, 0.6) is 0 Å². The van der Waals surface area contributed by atoms with Gasteiger partial charge < -0.3 is 15.0 Å².